The van der Waals surface area contributed by atoms with Crippen LogP contribution in [0.25, 0.3) is 0 Å². The Kier molecular flexibility index (Phi) is 18.2. The highest BCUT2D eigenvalue weighted by atomic mass is 28.4. The Morgan fingerprint density at radius 1 is 0.291 bits per heavy atom. The minimum absolute atomic E-state index is 0.321. The highest BCUT2D eigenvalue weighted by Crippen LogP contribution is 2.39. The summed E-state index contributed by atoms with van der Waals surface area (Å²) in [4.78, 5) is 0. The van der Waals surface area contributed by atoms with Crippen LogP contribution in [0.15, 0.2) is 0 Å². The van der Waals surface area contributed by atoms with Crippen molar-refractivity contribution in [3.05, 3.63) is 0 Å². The van der Waals surface area contributed by atoms with Gasteiger partial charge in [0.05, 0.1) is 13.2 Å². The third-order valence-corrected chi connectivity index (χ3v) is 15.7. The summed E-state index contributed by atoms with van der Waals surface area (Å²) in [5.74, 6) is 0. The molecule has 55 heavy (non-hydrogen) atoms. The van der Waals surface area contributed by atoms with Crippen molar-refractivity contribution in [1.82, 2.24) is 0 Å². The summed E-state index contributed by atoms with van der Waals surface area (Å²) in [7, 11) is -17.0. The van der Waals surface area contributed by atoms with Gasteiger partial charge in [0.15, 0.2) is 79.1 Å². The van der Waals surface area contributed by atoms with E-state index in [-0.39, 0.29) is 0 Å². The Labute approximate surface area is 346 Å². The van der Waals surface area contributed by atoms with E-state index in [2.05, 4.69) is 157 Å². The van der Waals surface area contributed by atoms with E-state index in [0.717, 1.165) is 0 Å². The molecule has 2 aliphatic heterocycles. The maximum absolute atomic E-state index is 7.46. The van der Waals surface area contributed by atoms with Crippen LogP contribution in [0.4, 0.5) is 0 Å². The minimum Gasteiger partial charge on any atom is -0.415 e. The van der Waals surface area contributed by atoms with Crippen LogP contribution < -0.4 is 0 Å². The van der Waals surface area contributed by atoms with Crippen LogP contribution in [0.2, 0.25) is 157 Å². The maximum Gasteiger partial charge on any atom is 0.187 e. The lowest BCUT2D eigenvalue weighted by Gasteiger charge is -2.54. The van der Waals surface area contributed by atoms with Crippen LogP contribution in [0.5, 0.6) is 0 Å². The first-order chi connectivity index (χ1) is 24.2. The summed E-state index contributed by atoms with van der Waals surface area (Å²) in [5.41, 5.74) is 0. The largest absolute Gasteiger partial charge is 0.415 e. The van der Waals surface area contributed by atoms with Gasteiger partial charge in [-0.25, -0.2) is 0 Å². The number of hydrogen-bond acceptors (Lipinski definition) is 11. The van der Waals surface area contributed by atoms with E-state index in [1.54, 1.807) is 0 Å². The number of rotatable bonds is 20. The molecule has 2 aliphatic rings. The number of hydrogen-bond donors (Lipinski definition) is 0. The lowest BCUT2D eigenvalue weighted by molar-refractivity contribution is -0.344. The van der Waals surface area contributed by atoms with Gasteiger partial charge in [0.1, 0.15) is 48.8 Å². The molecule has 0 aromatic heterocycles. The van der Waals surface area contributed by atoms with Crippen LogP contribution in [-0.4, -0.2) is 141 Å². The van der Waals surface area contributed by atoms with Gasteiger partial charge in [0.25, 0.3) is 0 Å². The van der Waals surface area contributed by atoms with E-state index in [1.807, 2.05) is 0 Å². The maximum atomic E-state index is 7.46. The van der Waals surface area contributed by atoms with Crippen LogP contribution in [-0.2, 0) is 49.6 Å². The van der Waals surface area contributed by atoms with Crippen molar-refractivity contribution in [2.75, 3.05) is 13.2 Å². The van der Waals surface area contributed by atoms with E-state index in [9.17, 15) is 0 Å². The molecule has 11 nitrogen and oxygen atoms in total. The molecule has 0 saturated carbocycles. The molecular formula is C36H86O11Si8. The molecule has 0 spiro atoms. The second-order valence-corrected chi connectivity index (χ2v) is 59.0. The van der Waals surface area contributed by atoms with Crippen molar-refractivity contribution in [1.29, 1.82) is 0 Å². The lowest BCUT2D eigenvalue weighted by atomic mass is 9.97. The SMILES string of the molecule is C[Si](C)(C)OC[C@H]1O[C@@H](O[C@H]2[C@H](O[Si](C)(C)C)[C@@H](O[Si](C)(C)C)C(O[Si](C)(C)C)O[C@@H]2CO[Si](C)(C)C)[C@H](O[Si](C)(C)C)[C@@H](O[Si](C)(C)C)[C@H]1O[Si](C)(C)C. The van der Waals surface area contributed by atoms with Crippen molar-refractivity contribution in [2.45, 2.75) is 219 Å². The van der Waals surface area contributed by atoms with Crippen molar-refractivity contribution >= 4 is 66.5 Å². The van der Waals surface area contributed by atoms with Crippen molar-refractivity contribution < 1.29 is 49.6 Å². The normalized spacial score (nSPS) is 31.2. The van der Waals surface area contributed by atoms with E-state index in [4.69, 9.17) is 49.6 Å². The van der Waals surface area contributed by atoms with Crippen LogP contribution in [0, 0.1) is 0 Å². The molecule has 0 aromatic carbocycles. The van der Waals surface area contributed by atoms with Gasteiger partial charge in [-0.1, -0.05) is 0 Å². The predicted octanol–water partition coefficient (Wildman–Crippen LogP) is 9.48. The highest BCUT2D eigenvalue weighted by Gasteiger charge is 2.57. The fourth-order valence-corrected chi connectivity index (χ4v) is 13.9. The first-order valence-corrected chi connectivity index (χ1v) is 47.8. The van der Waals surface area contributed by atoms with Gasteiger partial charge in [-0.15, -0.1) is 0 Å². The van der Waals surface area contributed by atoms with E-state index in [1.165, 1.54) is 0 Å². The van der Waals surface area contributed by atoms with E-state index in [0.29, 0.717) is 13.2 Å². The van der Waals surface area contributed by atoms with Gasteiger partial charge in [-0.05, 0) is 157 Å². The average Bonchev–Trinajstić information content (AvgIpc) is 2.88. The standard InChI is InChI=1S/C36H86O11Si8/c1-48(2,3)37-25-27-29(31(43-51(10,11)12)34(46-54(19,20)21)36(40-27)47-55(22,23)24)41-35-33(45-53(16,17)18)32(44-52(13,14)15)30(42-50(7,8)9)28(39-35)26-38-49(4,5)6/h27-36H,25-26H2,1-24H3/t27-,28-,29-,30+,31+,32+,33-,34-,35+,36?/m1/s1. The molecule has 19 heteroatoms. The van der Waals surface area contributed by atoms with Gasteiger partial charge in [0, 0.05) is 0 Å². The zero-order chi connectivity index (χ0) is 43.0. The van der Waals surface area contributed by atoms with E-state index < -0.39 is 128 Å². The summed E-state index contributed by atoms with van der Waals surface area (Å²) in [6.45, 7) is 53.5. The Balaban J connectivity index is 2.93. The molecule has 328 valence electrons. The molecule has 2 rings (SSSR count). The van der Waals surface area contributed by atoms with Crippen molar-refractivity contribution in [3.8, 4) is 0 Å². The molecule has 2 saturated heterocycles. The molecule has 0 aromatic rings. The smallest absolute Gasteiger partial charge is 0.187 e. The Hall–Kier alpha value is 1.30. The monoisotopic (exact) mass is 918 g/mol. The van der Waals surface area contributed by atoms with Crippen molar-refractivity contribution in [3.63, 3.8) is 0 Å². The average molecular weight is 920 g/mol. The van der Waals surface area contributed by atoms with Crippen LogP contribution >= 0.6 is 0 Å². The van der Waals surface area contributed by atoms with Crippen LogP contribution in [0.1, 0.15) is 0 Å². The Morgan fingerprint density at radius 3 is 0.909 bits per heavy atom. The molecule has 0 bridgehead atoms. The molecule has 0 radical (unpaired) electrons. The topological polar surface area (TPSA) is 102 Å². The third-order valence-electron chi connectivity index (χ3n) is 7.75. The number of ether oxygens (including phenoxy) is 3. The zero-order valence-corrected chi connectivity index (χ0v) is 47.7. The first kappa shape index (κ1) is 52.4. The first-order valence-electron chi connectivity index (χ1n) is 20.5. The molecule has 0 N–H and O–H groups in total. The fourth-order valence-electron chi connectivity index (χ4n) is 6.26. The molecule has 2 fully saturated rings. The predicted molar refractivity (Wildman–Crippen MR) is 246 cm³/mol. The Bertz CT molecular complexity index is 1180. The highest BCUT2D eigenvalue weighted by molar-refractivity contribution is 6.72. The van der Waals surface area contributed by atoms with Crippen molar-refractivity contribution in [2.24, 2.45) is 0 Å². The third kappa shape index (κ3) is 20.6. The molecule has 0 amide bonds. The second kappa shape index (κ2) is 19.1. The second-order valence-electron chi connectivity index (χ2n) is 23.2. The summed E-state index contributed by atoms with van der Waals surface area (Å²) in [6.07, 6.45) is -5.61. The molecule has 1 unspecified atom stereocenters. The van der Waals surface area contributed by atoms with Crippen LogP contribution in [0.3, 0.4) is 0 Å². The molecule has 2 heterocycles. The molecular weight excluding hydrogens is 833 g/mol. The summed E-state index contributed by atoms with van der Waals surface area (Å²) >= 11 is 0. The summed E-state index contributed by atoms with van der Waals surface area (Å²) in [5, 5.41) is 0. The zero-order valence-electron chi connectivity index (χ0n) is 39.7. The molecule has 0 aliphatic carbocycles. The summed E-state index contributed by atoms with van der Waals surface area (Å²) in [6, 6.07) is 0. The van der Waals surface area contributed by atoms with Gasteiger partial charge >= 0.3 is 0 Å². The van der Waals surface area contributed by atoms with Gasteiger partial charge in [-0.2, -0.15) is 0 Å². The lowest BCUT2D eigenvalue weighted by Crippen LogP contribution is -2.70. The van der Waals surface area contributed by atoms with Gasteiger partial charge in [0.2, 0.25) is 0 Å². The van der Waals surface area contributed by atoms with Gasteiger partial charge < -0.3 is 49.6 Å². The fraction of sp³-hybridized carbons (Fsp3) is 1.00. The molecule has 10 atom stereocenters. The Morgan fingerprint density at radius 2 is 0.564 bits per heavy atom. The van der Waals surface area contributed by atoms with E-state index >= 15 is 0 Å². The minimum atomic E-state index is -2.23. The van der Waals surface area contributed by atoms with Gasteiger partial charge in [-0.3, -0.25) is 0 Å². The quantitative estimate of drug-likeness (QED) is 0.109. The summed E-state index contributed by atoms with van der Waals surface area (Å²) < 4.78 is 77.4.